The van der Waals surface area contributed by atoms with Crippen LogP contribution in [-0.2, 0) is 9.59 Å². The largest absolute Gasteiger partial charge is 0.493 e. The molecule has 0 heterocycles. The quantitative estimate of drug-likeness (QED) is 0.792. The predicted octanol–water partition coefficient (Wildman–Crippen LogP) is 2.91. The average molecular weight is 347 g/mol. The van der Waals surface area contributed by atoms with Crippen molar-refractivity contribution < 1.29 is 24.2 Å². The monoisotopic (exact) mass is 347 g/mol. The lowest BCUT2D eigenvalue weighted by Gasteiger charge is -2.19. The fourth-order valence-corrected chi connectivity index (χ4v) is 3.40. The van der Waals surface area contributed by atoms with Crippen molar-refractivity contribution in [3.63, 3.8) is 0 Å². The summed E-state index contributed by atoms with van der Waals surface area (Å²) in [6.45, 7) is 1.88. The lowest BCUT2D eigenvalue weighted by atomic mass is 10.1. The third-order valence-electron chi connectivity index (χ3n) is 5.09. The van der Waals surface area contributed by atoms with Gasteiger partial charge in [-0.05, 0) is 56.7 Å². The van der Waals surface area contributed by atoms with Crippen molar-refractivity contribution in [1.82, 2.24) is 5.32 Å². The number of ether oxygens (including phenoxy) is 2. The van der Waals surface area contributed by atoms with Gasteiger partial charge in [0, 0.05) is 0 Å². The van der Waals surface area contributed by atoms with Crippen LogP contribution in [0.1, 0.15) is 50.6 Å². The van der Waals surface area contributed by atoms with Gasteiger partial charge in [-0.15, -0.1) is 0 Å². The van der Waals surface area contributed by atoms with Crippen molar-refractivity contribution in [3.05, 3.63) is 23.8 Å². The van der Waals surface area contributed by atoms with Gasteiger partial charge in [-0.2, -0.15) is 0 Å². The van der Waals surface area contributed by atoms with Gasteiger partial charge in [-0.3, -0.25) is 9.59 Å². The zero-order chi connectivity index (χ0) is 18.0. The standard InChI is InChI=1S/C19H25NO5/c1-11(20-18(21)14-10-15(14)19(22)23)12-7-8-16(17(9-12)24-2)25-13-5-3-4-6-13/h7-9,11,13-15H,3-6,10H2,1-2H3,(H,20,21)(H,22,23). The molecule has 136 valence electrons. The van der Waals surface area contributed by atoms with Gasteiger partial charge in [-0.1, -0.05) is 6.07 Å². The van der Waals surface area contributed by atoms with Gasteiger partial charge in [0.15, 0.2) is 11.5 Å². The fraction of sp³-hybridized carbons (Fsp3) is 0.579. The van der Waals surface area contributed by atoms with Crippen molar-refractivity contribution in [2.75, 3.05) is 7.11 Å². The number of nitrogens with one attached hydrogen (secondary N) is 1. The highest BCUT2D eigenvalue weighted by Crippen LogP contribution is 2.39. The van der Waals surface area contributed by atoms with Crippen LogP contribution >= 0.6 is 0 Å². The van der Waals surface area contributed by atoms with Crippen LogP contribution in [0.15, 0.2) is 18.2 Å². The molecule has 3 atom stereocenters. The normalized spacial score (nSPS) is 23.8. The molecular formula is C19H25NO5. The van der Waals surface area contributed by atoms with E-state index in [1.807, 2.05) is 25.1 Å². The Bertz CT molecular complexity index is 653. The first-order valence-electron chi connectivity index (χ1n) is 8.87. The molecule has 0 aromatic heterocycles. The maximum absolute atomic E-state index is 12.1. The summed E-state index contributed by atoms with van der Waals surface area (Å²) in [5, 5.41) is 11.8. The molecule has 0 aliphatic heterocycles. The van der Waals surface area contributed by atoms with Crippen LogP contribution in [0, 0.1) is 11.8 Å². The zero-order valence-corrected chi connectivity index (χ0v) is 14.7. The Morgan fingerprint density at radius 2 is 1.92 bits per heavy atom. The van der Waals surface area contributed by atoms with E-state index in [4.69, 9.17) is 14.6 Å². The van der Waals surface area contributed by atoms with Crippen molar-refractivity contribution in [2.45, 2.75) is 51.2 Å². The minimum absolute atomic E-state index is 0.204. The lowest BCUT2D eigenvalue weighted by Crippen LogP contribution is -2.29. The van der Waals surface area contributed by atoms with Crippen LogP contribution in [0.4, 0.5) is 0 Å². The zero-order valence-electron chi connectivity index (χ0n) is 14.7. The summed E-state index contributed by atoms with van der Waals surface area (Å²) in [5.74, 6) is -0.672. The minimum atomic E-state index is -0.900. The second-order valence-electron chi connectivity index (χ2n) is 6.95. The van der Waals surface area contributed by atoms with E-state index >= 15 is 0 Å². The Labute approximate surface area is 147 Å². The number of aliphatic carboxylic acids is 1. The smallest absolute Gasteiger partial charge is 0.307 e. The number of amides is 1. The predicted molar refractivity (Wildman–Crippen MR) is 91.7 cm³/mol. The fourth-order valence-electron chi connectivity index (χ4n) is 3.40. The Balaban J connectivity index is 1.63. The van der Waals surface area contributed by atoms with Gasteiger partial charge in [-0.25, -0.2) is 0 Å². The molecule has 0 spiro atoms. The van der Waals surface area contributed by atoms with Gasteiger partial charge >= 0.3 is 5.97 Å². The summed E-state index contributed by atoms with van der Waals surface area (Å²) >= 11 is 0. The van der Waals surface area contributed by atoms with Gasteiger partial charge in [0.2, 0.25) is 5.91 Å². The molecule has 0 saturated heterocycles. The van der Waals surface area contributed by atoms with Gasteiger partial charge < -0.3 is 19.9 Å². The molecular weight excluding hydrogens is 322 g/mol. The van der Waals surface area contributed by atoms with E-state index in [-0.39, 0.29) is 18.1 Å². The molecule has 6 heteroatoms. The molecule has 2 N–H and O–H groups in total. The number of hydrogen-bond acceptors (Lipinski definition) is 4. The summed E-state index contributed by atoms with van der Waals surface area (Å²) in [6, 6.07) is 5.44. The van der Waals surface area contributed by atoms with Crippen molar-refractivity contribution >= 4 is 11.9 Å². The molecule has 1 aromatic carbocycles. The Morgan fingerprint density at radius 1 is 1.20 bits per heavy atom. The highest BCUT2D eigenvalue weighted by molar-refractivity contribution is 5.89. The van der Waals surface area contributed by atoms with Crippen LogP contribution in [0.5, 0.6) is 11.5 Å². The third-order valence-corrected chi connectivity index (χ3v) is 5.09. The van der Waals surface area contributed by atoms with E-state index in [0.29, 0.717) is 12.2 Å². The van der Waals surface area contributed by atoms with E-state index < -0.39 is 17.8 Å². The van der Waals surface area contributed by atoms with Crippen LogP contribution in [0.25, 0.3) is 0 Å². The molecule has 6 nitrogen and oxygen atoms in total. The molecule has 2 aliphatic rings. The number of carboxylic acids is 1. The summed E-state index contributed by atoms with van der Waals surface area (Å²) in [4.78, 5) is 23.0. The summed E-state index contributed by atoms with van der Waals surface area (Å²) in [6.07, 6.45) is 5.22. The summed E-state index contributed by atoms with van der Waals surface area (Å²) in [5.41, 5.74) is 0.900. The lowest BCUT2D eigenvalue weighted by molar-refractivity contribution is -0.140. The topological polar surface area (TPSA) is 84.9 Å². The molecule has 25 heavy (non-hydrogen) atoms. The first-order valence-corrected chi connectivity index (χ1v) is 8.87. The maximum Gasteiger partial charge on any atom is 0.307 e. The third kappa shape index (κ3) is 4.06. The highest BCUT2D eigenvalue weighted by atomic mass is 16.5. The number of carbonyl (C=O) groups excluding carboxylic acids is 1. The van der Waals surface area contributed by atoms with E-state index in [0.717, 1.165) is 24.2 Å². The first kappa shape index (κ1) is 17.6. The average Bonchev–Trinajstić information content (AvgIpc) is 3.26. The van der Waals surface area contributed by atoms with E-state index in [1.165, 1.54) is 12.8 Å². The van der Waals surface area contributed by atoms with E-state index in [1.54, 1.807) is 7.11 Å². The van der Waals surface area contributed by atoms with Crippen molar-refractivity contribution in [1.29, 1.82) is 0 Å². The van der Waals surface area contributed by atoms with Gasteiger partial charge in [0.25, 0.3) is 0 Å². The van der Waals surface area contributed by atoms with Crippen molar-refractivity contribution in [2.24, 2.45) is 11.8 Å². The van der Waals surface area contributed by atoms with Crippen LogP contribution in [0.2, 0.25) is 0 Å². The molecule has 2 fully saturated rings. The molecule has 3 rings (SSSR count). The molecule has 3 unspecified atom stereocenters. The van der Waals surface area contributed by atoms with Crippen molar-refractivity contribution in [3.8, 4) is 11.5 Å². The Hall–Kier alpha value is -2.24. The first-order chi connectivity index (χ1) is 12.0. The summed E-state index contributed by atoms with van der Waals surface area (Å²) < 4.78 is 11.5. The Morgan fingerprint density at radius 3 is 2.52 bits per heavy atom. The van der Waals surface area contributed by atoms with E-state index in [2.05, 4.69) is 5.32 Å². The maximum atomic E-state index is 12.1. The SMILES string of the molecule is COc1cc(C(C)NC(=O)C2CC2C(=O)O)ccc1OC1CCCC1. The molecule has 0 radical (unpaired) electrons. The molecule has 2 aliphatic carbocycles. The number of benzene rings is 1. The van der Waals surface area contributed by atoms with Gasteiger partial charge in [0.05, 0.1) is 31.1 Å². The van der Waals surface area contributed by atoms with Gasteiger partial charge in [0.1, 0.15) is 0 Å². The number of rotatable bonds is 7. The molecule has 0 bridgehead atoms. The highest BCUT2D eigenvalue weighted by Gasteiger charge is 2.48. The molecule has 1 amide bonds. The molecule has 1 aromatic rings. The summed E-state index contributed by atoms with van der Waals surface area (Å²) in [7, 11) is 1.60. The van der Waals surface area contributed by atoms with Crippen LogP contribution in [-0.4, -0.2) is 30.2 Å². The number of carbonyl (C=O) groups is 2. The minimum Gasteiger partial charge on any atom is -0.493 e. The van der Waals surface area contributed by atoms with Crippen LogP contribution in [0.3, 0.4) is 0 Å². The van der Waals surface area contributed by atoms with Crippen LogP contribution < -0.4 is 14.8 Å². The van der Waals surface area contributed by atoms with E-state index in [9.17, 15) is 9.59 Å². The number of hydrogen-bond donors (Lipinski definition) is 2. The number of methoxy groups -OCH3 is 1. The Kier molecular flexibility index (Phi) is 5.16. The molecule has 2 saturated carbocycles. The second-order valence-corrected chi connectivity index (χ2v) is 6.95. The second kappa shape index (κ2) is 7.33. The number of carboxylic acid groups (broad SMARTS) is 1.